The predicted octanol–water partition coefficient (Wildman–Crippen LogP) is 3.08. The summed E-state index contributed by atoms with van der Waals surface area (Å²) in [7, 11) is -1.28. The first kappa shape index (κ1) is 17.0. The third-order valence-electron chi connectivity index (χ3n) is 3.17. The Morgan fingerprint density at radius 1 is 1.22 bits per heavy atom. The molecule has 0 saturated heterocycles. The number of rotatable bonds is 5. The molecule has 0 atom stereocenters. The van der Waals surface area contributed by atoms with Crippen molar-refractivity contribution in [1.29, 1.82) is 0 Å². The van der Waals surface area contributed by atoms with E-state index in [9.17, 15) is 18.5 Å². The van der Waals surface area contributed by atoms with Crippen molar-refractivity contribution in [3.05, 3.63) is 57.6 Å². The van der Waals surface area contributed by atoms with E-state index in [0.717, 1.165) is 10.4 Å². The molecule has 0 aromatic heterocycles. The third kappa shape index (κ3) is 3.38. The van der Waals surface area contributed by atoms with E-state index in [2.05, 4.69) is 0 Å². The molecule has 2 aromatic rings. The van der Waals surface area contributed by atoms with Gasteiger partial charge >= 0.3 is 0 Å². The lowest BCUT2D eigenvalue weighted by Gasteiger charge is -2.21. The van der Waals surface area contributed by atoms with Gasteiger partial charge in [0.05, 0.1) is 22.6 Å². The van der Waals surface area contributed by atoms with Gasteiger partial charge in [-0.15, -0.1) is 0 Å². The topological polar surface area (TPSA) is 89.8 Å². The zero-order valence-electron chi connectivity index (χ0n) is 12.3. The minimum absolute atomic E-state index is 0.198. The number of sulfonamides is 1. The lowest BCUT2D eigenvalue weighted by molar-refractivity contribution is -0.385. The normalized spacial score (nSPS) is 11.1. The number of hydrogen-bond acceptors (Lipinski definition) is 5. The fraction of sp³-hybridized carbons (Fsp3) is 0.143. The van der Waals surface area contributed by atoms with Crippen LogP contribution >= 0.6 is 11.6 Å². The Bertz CT molecular complexity index is 854. The number of halogens is 1. The van der Waals surface area contributed by atoms with Gasteiger partial charge in [-0.25, -0.2) is 8.42 Å². The number of non-ortho nitro benzene ring substituents is 1. The SMILES string of the molecule is COc1ccc(Cl)cc1N(C)S(=O)(=O)c1cccc([N+](=O)[O-])c1. The van der Waals surface area contributed by atoms with Gasteiger partial charge in [0.15, 0.2) is 0 Å². The van der Waals surface area contributed by atoms with E-state index in [1.54, 1.807) is 6.07 Å². The molecule has 23 heavy (non-hydrogen) atoms. The maximum Gasteiger partial charge on any atom is 0.270 e. The Hall–Kier alpha value is -2.32. The minimum atomic E-state index is -4.01. The number of nitro benzene ring substituents is 1. The highest BCUT2D eigenvalue weighted by molar-refractivity contribution is 7.92. The van der Waals surface area contributed by atoms with E-state index in [1.165, 1.54) is 44.5 Å². The summed E-state index contributed by atoms with van der Waals surface area (Å²) in [6.45, 7) is 0. The summed E-state index contributed by atoms with van der Waals surface area (Å²) in [5.74, 6) is 0.311. The average molecular weight is 357 g/mol. The Kier molecular flexibility index (Phi) is 4.76. The molecule has 0 fully saturated rings. The van der Waals surface area contributed by atoms with E-state index in [-0.39, 0.29) is 16.3 Å². The fourth-order valence-corrected chi connectivity index (χ4v) is 3.36. The zero-order valence-corrected chi connectivity index (χ0v) is 13.8. The van der Waals surface area contributed by atoms with E-state index in [4.69, 9.17) is 16.3 Å². The lowest BCUT2D eigenvalue weighted by Crippen LogP contribution is -2.27. The average Bonchev–Trinajstić information content (AvgIpc) is 2.54. The number of hydrogen-bond donors (Lipinski definition) is 0. The van der Waals surface area contributed by atoms with Crippen LogP contribution in [0.15, 0.2) is 47.4 Å². The third-order valence-corrected chi connectivity index (χ3v) is 5.17. The number of nitrogens with zero attached hydrogens (tertiary/aromatic N) is 2. The molecule has 0 aliphatic carbocycles. The predicted molar refractivity (Wildman–Crippen MR) is 86.7 cm³/mol. The molecule has 122 valence electrons. The number of benzene rings is 2. The second kappa shape index (κ2) is 6.43. The van der Waals surface area contributed by atoms with Crippen LogP contribution in [0.4, 0.5) is 11.4 Å². The van der Waals surface area contributed by atoms with E-state index < -0.39 is 14.9 Å². The Labute approximate surface area is 138 Å². The van der Waals surface area contributed by atoms with Crippen molar-refractivity contribution < 1.29 is 18.1 Å². The number of methoxy groups -OCH3 is 1. The van der Waals surface area contributed by atoms with Crippen molar-refractivity contribution in [2.45, 2.75) is 4.90 Å². The molecule has 0 unspecified atom stereocenters. The Morgan fingerprint density at radius 3 is 2.52 bits per heavy atom. The van der Waals surface area contributed by atoms with Crippen LogP contribution in [0, 0.1) is 10.1 Å². The first-order chi connectivity index (χ1) is 10.8. The Balaban J connectivity index is 2.53. The summed E-state index contributed by atoms with van der Waals surface area (Å²) in [6.07, 6.45) is 0. The van der Waals surface area contributed by atoms with Crippen LogP contribution in [0.2, 0.25) is 5.02 Å². The second-order valence-electron chi connectivity index (χ2n) is 4.54. The van der Waals surface area contributed by atoms with Gasteiger partial charge in [-0.3, -0.25) is 14.4 Å². The van der Waals surface area contributed by atoms with Crippen LogP contribution in [-0.4, -0.2) is 27.5 Å². The van der Waals surface area contributed by atoms with Gasteiger partial charge in [0.2, 0.25) is 0 Å². The molecule has 2 aromatic carbocycles. The first-order valence-electron chi connectivity index (χ1n) is 6.34. The van der Waals surface area contributed by atoms with Gasteiger partial charge in [0, 0.05) is 24.2 Å². The van der Waals surface area contributed by atoms with Gasteiger partial charge in [-0.1, -0.05) is 17.7 Å². The van der Waals surface area contributed by atoms with Crippen molar-refractivity contribution in [1.82, 2.24) is 0 Å². The molecule has 9 heteroatoms. The van der Waals surface area contributed by atoms with Crippen LogP contribution in [0.3, 0.4) is 0 Å². The molecule has 0 heterocycles. The number of anilines is 1. The van der Waals surface area contributed by atoms with Crippen molar-refractivity contribution in [2.75, 3.05) is 18.5 Å². The summed E-state index contributed by atoms with van der Waals surface area (Å²) in [5, 5.41) is 11.2. The highest BCUT2D eigenvalue weighted by atomic mass is 35.5. The molecule has 0 aliphatic rings. The van der Waals surface area contributed by atoms with Gasteiger partial charge in [-0.2, -0.15) is 0 Å². The highest BCUT2D eigenvalue weighted by Crippen LogP contribution is 2.34. The van der Waals surface area contributed by atoms with E-state index in [0.29, 0.717) is 10.8 Å². The zero-order chi connectivity index (χ0) is 17.2. The van der Waals surface area contributed by atoms with Crippen LogP contribution in [-0.2, 0) is 10.0 Å². The molecule has 0 N–H and O–H groups in total. The first-order valence-corrected chi connectivity index (χ1v) is 8.16. The fourth-order valence-electron chi connectivity index (χ4n) is 1.95. The minimum Gasteiger partial charge on any atom is -0.495 e. The summed E-state index contributed by atoms with van der Waals surface area (Å²) in [5.41, 5.74) is -0.0796. The van der Waals surface area contributed by atoms with Gasteiger partial charge in [0.1, 0.15) is 5.75 Å². The maximum absolute atomic E-state index is 12.7. The monoisotopic (exact) mass is 356 g/mol. The molecule has 0 saturated carbocycles. The molecular weight excluding hydrogens is 344 g/mol. The molecule has 0 amide bonds. The van der Waals surface area contributed by atoms with Gasteiger partial charge < -0.3 is 4.74 Å². The molecule has 0 aliphatic heterocycles. The largest absolute Gasteiger partial charge is 0.495 e. The smallest absolute Gasteiger partial charge is 0.270 e. The molecule has 0 spiro atoms. The highest BCUT2D eigenvalue weighted by Gasteiger charge is 2.25. The lowest BCUT2D eigenvalue weighted by atomic mass is 10.3. The van der Waals surface area contributed by atoms with Gasteiger partial charge in [0.25, 0.3) is 15.7 Å². The molecule has 0 bridgehead atoms. The molecular formula is C14H13ClN2O5S. The molecule has 7 nitrogen and oxygen atoms in total. The standard InChI is InChI=1S/C14H13ClN2O5S/c1-16(13-8-10(15)6-7-14(13)22-2)23(20,21)12-5-3-4-11(9-12)17(18)19/h3-9H,1-2H3. The molecule has 2 rings (SSSR count). The summed E-state index contributed by atoms with van der Waals surface area (Å²) in [4.78, 5) is 9.97. The number of nitro groups is 1. The van der Waals surface area contributed by atoms with E-state index in [1.807, 2.05) is 0 Å². The van der Waals surface area contributed by atoms with Crippen molar-refractivity contribution in [3.8, 4) is 5.75 Å². The maximum atomic E-state index is 12.7. The quantitative estimate of drug-likeness (QED) is 0.606. The summed E-state index contributed by atoms with van der Waals surface area (Å²) in [6, 6.07) is 9.37. The van der Waals surface area contributed by atoms with E-state index >= 15 is 0 Å². The van der Waals surface area contributed by atoms with Crippen LogP contribution in [0.5, 0.6) is 5.75 Å². The van der Waals surface area contributed by atoms with Crippen molar-refractivity contribution >= 4 is 33.0 Å². The van der Waals surface area contributed by atoms with Gasteiger partial charge in [-0.05, 0) is 24.3 Å². The molecule has 0 radical (unpaired) electrons. The van der Waals surface area contributed by atoms with Crippen LogP contribution in [0.25, 0.3) is 0 Å². The summed E-state index contributed by atoms with van der Waals surface area (Å²) >= 11 is 5.91. The Morgan fingerprint density at radius 2 is 1.91 bits per heavy atom. The van der Waals surface area contributed by atoms with Crippen LogP contribution < -0.4 is 9.04 Å². The van der Waals surface area contributed by atoms with Crippen LogP contribution in [0.1, 0.15) is 0 Å². The second-order valence-corrected chi connectivity index (χ2v) is 6.95. The number of ether oxygens (including phenoxy) is 1. The van der Waals surface area contributed by atoms with Crippen molar-refractivity contribution in [2.24, 2.45) is 0 Å². The van der Waals surface area contributed by atoms with Crippen molar-refractivity contribution in [3.63, 3.8) is 0 Å². The summed E-state index contributed by atoms with van der Waals surface area (Å²) < 4.78 is 31.5.